The highest BCUT2D eigenvalue weighted by molar-refractivity contribution is 5.83. The number of hydrogen-bond donors (Lipinski definition) is 1. The van der Waals surface area contributed by atoms with Gasteiger partial charge in [-0.25, -0.2) is 4.98 Å². The number of aromatic amines is 1. The van der Waals surface area contributed by atoms with Crippen molar-refractivity contribution < 1.29 is 0 Å². The number of rotatable bonds is 5. The van der Waals surface area contributed by atoms with E-state index in [-0.39, 0.29) is 0 Å². The van der Waals surface area contributed by atoms with Crippen molar-refractivity contribution in [2.45, 2.75) is 59.8 Å². The quantitative estimate of drug-likeness (QED) is 0.667. The number of aromatic nitrogens is 3. The first-order valence-corrected chi connectivity index (χ1v) is 9.02. The molecule has 0 atom stereocenters. The molecule has 1 N–H and O–H groups in total. The average molecular weight is 321 g/mol. The summed E-state index contributed by atoms with van der Waals surface area (Å²) < 4.78 is 0. The maximum Gasteiger partial charge on any atom is 0.0915 e. The molecule has 3 aromatic rings. The van der Waals surface area contributed by atoms with Crippen molar-refractivity contribution in [1.82, 2.24) is 15.0 Å². The van der Waals surface area contributed by atoms with E-state index < -0.39 is 0 Å². The Balaban J connectivity index is 2.23. The highest BCUT2D eigenvalue weighted by atomic mass is 14.8. The summed E-state index contributed by atoms with van der Waals surface area (Å²) in [5.74, 6) is 0.447. The van der Waals surface area contributed by atoms with Gasteiger partial charge in [0.15, 0.2) is 0 Å². The molecule has 3 nitrogen and oxygen atoms in total. The number of pyridine rings is 2. The van der Waals surface area contributed by atoms with Gasteiger partial charge in [-0.05, 0) is 55.0 Å². The Morgan fingerprint density at radius 3 is 2.58 bits per heavy atom. The fraction of sp³-hybridized carbons (Fsp3) is 0.429. The Kier molecular flexibility index (Phi) is 4.70. The molecular formula is C21H27N3. The average Bonchev–Trinajstić information content (AvgIpc) is 2.94. The number of fused-ring (bicyclic) bond motifs is 1. The van der Waals surface area contributed by atoms with E-state index in [4.69, 9.17) is 9.97 Å². The summed E-state index contributed by atoms with van der Waals surface area (Å²) in [4.78, 5) is 13.3. The lowest BCUT2D eigenvalue weighted by atomic mass is 9.98. The van der Waals surface area contributed by atoms with E-state index in [1.165, 1.54) is 28.1 Å². The molecule has 0 fully saturated rings. The molecular weight excluding hydrogens is 294 g/mol. The molecule has 126 valence electrons. The zero-order valence-corrected chi connectivity index (χ0v) is 15.4. The number of nitrogens with zero attached hydrogens (tertiary/aromatic N) is 2. The molecule has 3 heterocycles. The zero-order chi connectivity index (χ0) is 17.3. The van der Waals surface area contributed by atoms with Crippen LogP contribution in [0.3, 0.4) is 0 Å². The molecule has 0 aromatic carbocycles. The maximum absolute atomic E-state index is 5.02. The summed E-state index contributed by atoms with van der Waals surface area (Å²) in [7, 11) is 0. The van der Waals surface area contributed by atoms with Crippen molar-refractivity contribution >= 4 is 11.0 Å². The predicted molar refractivity (Wildman–Crippen MR) is 102 cm³/mol. The van der Waals surface area contributed by atoms with Gasteiger partial charge in [-0.15, -0.1) is 0 Å². The topological polar surface area (TPSA) is 41.6 Å². The van der Waals surface area contributed by atoms with Crippen molar-refractivity contribution in [3.8, 4) is 11.3 Å². The molecule has 0 aliphatic carbocycles. The number of aryl methyl sites for hydroxylation is 3. The van der Waals surface area contributed by atoms with Gasteiger partial charge >= 0.3 is 0 Å². The van der Waals surface area contributed by atoms with Crippen LogP contribution in [-0.2, 0) is 12.8 Å². The molecule has 0 spiro atoms. The van der Waals surface area contributed by atoms with Crippen LogP contribution in [0, 0.1) is 6.92 Å². The molecule has 0 saturated carbocycles. The van der Waals surface area contributed by atoms with Gasteiger partial charge in [-0.3, -0.25) is 4.98 Å². The number of H-pyrrole nitrogens is 1. The third-order valence-electron chi connectivity index (χ3n) is 4.63. The SMILES string of the molecule is CCCc1nc(C(C)C)ccc1-c1nc2c(C)c[nH]c2cc1CC. The van der Waals surface area contributed by atoms with Crippen molar-refractivity contribution in [2.24, 2.45) is 0 Å². The second kappa shape index (κ2) is 6.76. The van der Waals surface area contributed by atoms with E-state index in [0.29, 0.717) is 5.92 Å². The van der Waals surface area contributed by atoms with Crippen LogP contribution in [-0.4, -0.2) is 15.0 Å². The predicted octanol–water partition coefficient (Wildman–Crippen LogP) is 5.57. The van der Waals surface area contributed by atoms with Gasteiger partial charge < -0.3 is 4.98 Å². The van der Waals surface area contributed by atoms with Gasteiger partial charge in [0.25, 0.3) is 0 Å². The summed E-state index contributed by atoms with van der Waals surface area (Å²) in [5.41, 5.74) is 9.30. The van der Waals surface area contributed by atoms with Gasteiger partial charge in [-0.2, -0.15) is 0 Å². The van der Waals surface area contributed by atoms with Crippen LogP contribution < -0.4 is 0 Å². The van der Waals surface area contributed by atoms with Crippen LogP contribution in [0.4, 0.5) is 0 Å². The second-order valence-corrected chi connectivity index (χ2v) is 6.85. The normalized spacial score (nSPS) is 11.6. The summed E-state index contributed by atoms with van der Waals surface area (Å²) in [6, 6.07) is 6.63. The Morgan fingerprint density at radius 2 is 1.92 bits per heavy atom. The lowest BCUT2D eigenvalue weighted by Gasteiger charge is -2.14. The molecule has 24 heavy (non-hydrogen) atoms. The van der Waals surface area contributed by atoms with Crippen LogP contribution in [0.25, 0.3) is 22.3 Å². The maximum atomic E-state index is 5.02. The van der Waals surface area contributed by atoms with Crippen LogP contribution in [0.1, 0.15) is 62.5 Å². The third-order valence-corrected chi connectivity index (χ3v) is 4.63. The lowest BCUT2D eigenvalue weighted by molar-refractivity contribution is 0.792. The minimum atomic E-state index is 0.447. The summed E-state index contributed by atoms with van der Waals surface area (Å²) >= 11 is 0. The molecule has 3 rings (SSSR count). The van der Waals surface area contributed by atoms with E-state index in [0.717, 1.165) is 36.0 Å². The van der Waals surface area contributed by atoms with E-state index >= 15 is 0 Å². The fourth-order valence-corrected chi connectivity index (χ4v) is 3.21. The molecule has 0 bridgehead atoms. The largest absolute Gasteiger partial charge is 0.360 e. The minimum Gasteiger partial charge on any atom is -0.360 e. The van der Waals surface area contributed by atoms with Crippen molar-refractivity contribution in [2.75, 3.05) is 0 Å². The molecule has 0 radical (unpaired) electrons. The smallest absolute Gasteiger partial charge is 0.0915 e. The van der Waals surface area contributed by atoms with E-state index in [9.17, 15) is 0 Å². The first-order chi connectivity index (χ1) is 11.5. The van der Waals surface area contributed by atoms with Crippen molar-refractivity contribution in [3.63, 3.8) is 0 Å². The van der Waals surface area contributed by atoms with E-state index in [1.807, 2.05) is 6.20 Å². The molecule has 0 amide bonds. The van der Waals surface area contributed by atoms with Gasteiger partial charge in [0, 0.05) is 17.5 Å². The van der Waals surface area contributed by atoms with Gasteiger partial charge in [0.1, 0.15) is 0 Å². The highest BCUT2D eigenvalue weighted by Gasteiger charge is 2.15. The van der Waals surface area contributed by atoms with E-state index in [1.54, 1.807) is 0 Å². The zero-order valence-electron chi connectivity index (χ0n) is 15.4. The van der Waals surface area contributed by atoms with Crippen LogP contribution in [0.2, 0.25) is 0 Å². The molecule has 0 aliphatic rings. The Labute approximate surface area is 144 Å². The lowest BCUT2D eigenvalue weighted by Crippen LogP contribution is -2.03. The third kappa shape index (κ3) is 2.95. The van der Waals surface area contributed by atoms with Crippen LogP contribution >= 0.6 is 0 Å². The van der Waals surface area contributed by atoms with Crippen molar-refractivity contribution in [3.05, 3.63) is 46.9 Å². The number of nitrogens with one attached hydrogen (secondary N) is 1. The molecule has 0 aliphatic heterocycles. The Hall–Kier alpha value is -2.16. The molecule has 3 aromatic heterocycles. The van der Waals surface area contributed by atoms with Crippen LogP contribution in [0.15, 0.2) is 24.4 Å². The Bertz CT molecular complexity index is 859. The fourth-order valence-electron chi connectivity index (χ4n) is 3.21. The highest BCUT2D eigenvalue weighted by Crippen LogP contribution is 2.30. The molecule has 0 saturated heterocycles. The summed E-state index contributed by atoms with van der Waals surface area (Å²) in [5, 5.41) is 0. The summed E-state index contributed by atoms with van der Waals surface area (Å²) in [6.45, 7) is 10.9. The first kappa shape index (κ1) is 16.7. The monoisotopic (exact) mass is 321 g/mol. The van der Waals surface area contributed by atoms with Gasteiger partial charge in [0.05, 0.1) is 22.4 Å². The van der Waals surface area contributed by atoms with E-state index in [2.05, 4.69) is 57.8 Å². The van der Waals surface area contributed by atoms with Gasteiger partial charge in [0.2, 0.25) is 0 Å². The molecule has 3 heteroatoms. The Morgan fingerprint density at radius 1 is 1.12 bits per heavy atom. The molecule has 0 unspecified atom stereocenters. The summed E-state index contributed by atoms with van der Waals surface area (Å²) in [6.07, 6.45) is 5.08. The first-order valence-electron chi connectivity index (χ1n) is 9.02. The van der Waals surface area contributed by atoms with Crippen molar-refractivity contribution in [1.29, 1.82) is 0 Å². The second-order valence-electron chi connectivity index (χ2n) is 6.85. The van der Waals surface area contributed by atoms with Gasteiger partial charge in [-0.1, -0.05) is 34.1 Å². The van der Waals surface area contributed by atoms with Crippen LogP contribution in [0.5, 0.6) is 0 Å². The minimum absolute atomic E-state index is 0.447. The standard InChI is InChI=1S/C21H27N3/c1-6-8-18-16(9-10-17(23-18)13(3)4)21-15(7-2)11-19-20(24-21)14(5)12-22-19/h9-13,22H,6-8H2,1-5H3. The number of hydrogen-bond acceptors (Lipinski definition) is 2.